The molecule has 5 nitrogen and oxygen atoms in total. The average Bonchev–Trinajstić information content (AvgIpc) is 2.24. The minimum absolute atomic E-state index is 0.0599. The van der Waals surface area contributed by atoms with E-state index in [0.717, 1.165) is 0 Å². The Morgan fingerprint density at radius 2 is 2.00 bits per heavy atom. The summed E-state index contributed by atoms with van der Waals surface area (Å²) in [5.41, 5.74) is -0.575. The van der Waals surface area contributed by atoms with Crippen molar-refractivity contribution in [2.75, 3.05) is 27.2 Å². The van der Waals surface area contributed by atoms with Gasteiger partial charge < -0.3 is 10.0 Å². The lowest BCUT2D eigenvalue weighted by molar-refractivity contribution is 0.0386. The van der Waals surface area contributed by atoms with Gasteiger partial charge in [0.25, 0.3) is 0 Å². The van der Waals surface area contributed by atoms with Crippen LogP contribution in [0.15, 0.2) is 23.1 Å². The van der Waals surface area contributed by atoms with Crippen LogP contribution in [-0.2, 0) is 10.0 Å². The zero-order valence-corrected chi connectivity index (χ0v) is 13.7. The molecule has 0 saturated carbocycles. The normalized spacial score (nSPS) is 15.3. The Balaban J connectivity index is 2.85. The Kier molecular flexibility index (Phi) is 5.57. The predicted molar refractivity (Wildman–Crippen MR) is 80.6 cm³/mol. The van der Waals surface area contributed by atoms with Gasteiger partial charge in [-0.3, -0.25) is 0 Å². The fraction of sp³-hybridized carbons (Fsp3) is 0.538. The fourth-order valence-electron chi connectivity index (χ4n) is 1.98. The molecule has 7 heteroatoms. The van der Waals surface area contributed by atoms with E-state index in [2.05, 4.69) is 4.72 Å². The maximum Gasteiger partial charge on any atom is 0.240 e. The van der Waals surface area contributed by atoms with E-state index in [9.17, 15) is 13.5 Å². The molecule has 1 aromatic rings. The Morgan fingerprint density at radius 1 is 1.40 bits per heavy atom. The molecule has 0 amide bonds. The van der Waals surface area contributed by atoms with Crippen molar-refractivity contribution in [1.29, 1.82) is 0 Å². The minimum Gasteiger partial charge on any atom is -0.387 e. The van der Waals surface area contributed by atoms with E-state index in [1.165, 1.54) is 12.1 Å². The Labute approximate surface area is 125 Å². The molecule has 0 fully saturated rings. The highest BCUT2D eigenvalue weighted by atomic mass is 35.5. The standard InChI is InChI=1S/C13H21ClN2O3S/c1-10-7-11(14)5-6-12(10)20(18,19)15-8-13(2,17)9-16(3)4/h5-7,15,17H,8-9H2,1-4H3. The largest absolute Gasteiger partial charge is 0.387 e. The Morgan fingerprint density at radius 3 is 2.50 bits per heavy atom. The van der Waals surface area contributed by atoms with Crippen molar-refractivity contribution in [3.63, 3.8) is 0 Å². The van der Waals surface area contributed by atoms with Gasteiger partial charge in [0.1, 0.15) is 0 Å². The van der Waals surface area contributed by atoms with Crippen LogP contribution >= 0.6 is 11.6 Å². The second-order valence-electron chi connectivity index (χ2n) is 5.47. The number of likely N-dealkylation sites (N-methyl/N-ethyl adjacent to an activating group) is 1. The van der Waals surface area contributed by atoms with Gasteiger partial charge in [0.2, 0.25) is 10.0 Å². The second-order valence-corrected chi connectivity index (χ2v) is 7.64. The molecule has 0 aliphatic heterocycles. The third-order valence-corrected chi connectivity index (χ3v) is 4.52. The first-order chi connectivity index (χ1) is 9.03. The Hall–Kier alpha value is -0.660. The summed E-state index contributed by atoms with van der Waals surface area (Å²) in [6.45, 7) is 3.56. The minimum atomic E-state index is -3.66. The highest BCUT2D eigenvalue weighted by molar-refractivity contribution is 7.89. The van der Waals surface area contributed by atoms with Crippen molar-refractivity contribution in [3.8, 4) is 0 Å². The van der Waals surface area contributed by atoms with Gasteiger partial charge >= 0.3 is 0 Å². The highest BCUT2D eigenvalue weighted by Gasteiger charge is 2.25. The van der Waals surface area contributed by atoms with E-state index >= 15 is 0 Å². The number of nitrogens with one attached hydrogen (secondary N) is 1. The van der Waals surface area contributed by atoms with E-state index in [4.69, 9.17) is 11.6 Å². The molecule has 1 atom stereocenters. The van der Waals surface area contributed by atoms with Crippen molar-refractivity contribution in [2.45, 2.75) is 24.3 Å². The number of halogens is 1. The van der Waals surface area contributed by atoms with E-state index in [1.54, 1.807) is 24.8 Å². The number of hydrogen-bond donors (Lipinski definition) is 2. The van der Waals surface area contributed by atoms with Crippen LogP contribution < -0.4 is 4.72 Å². The number of rotatable bonds is 6. The molecule has 0 heterocycles. The van der Waals surface area contributed by atoms with Gasteiger partial charge in [-0.2, -0.15) is 0 Å². The predicted octanol–water partition coefficient (Wildman–Crippen LogP) is 1.24. The maximum atomic E-state index is 12.2. The SMILES string of the molecule is Cc1cc(Cl)ccc1S(=O)(=O)NCC(C)(O)CN(C)C. The molecule has 0 aliphatic rings. The molecular weight excluding hydrogens is 300 g/mol. The molecule has 0 spiro atoms. The molecule has 0 aromatic heterocycles. The van der Waals surface area contributed by atoms with Gasteiger partial charge in [-0.25, -0.2) is 13.1 Å². The van der Waals surface area contributed by atoms with Crippen LogP contribution in [0.5, 0.6) is 0 Å². The molecule has 1 aromatic carbocycles. The van der Waals surface area contributed by atoms with Crippen LogP contribution in [0.2, 0.25) is 5.02 Å². The zero-order chi connectivity index (χ0) is 15.6. The number of benzene rings is 1. The maximum absolute atomic E-state index is 12.2. The molecule has 114 valence electrons. The van der Waals surface area contributed by atoms with Crippen molar-refractivity contribution >= 4 is 21.6 Å². The monoisotopic (exact) mass is 320 g/mol. The van der Waals surface area contributed by atoms with Gasteiger partial charge in [-0.15, -0.1) is 0 Å². The van der Waals surface area contributed by atoms with Gasteiger partial charge in [0, 0.05) is 18.1 Å². The molecule has 20 heavy (non-hydrogen) atoms. The van der Waals surface area contributed by atoms with Crippen LogP contribution in [-0.4, -0.2) is 51.2 Å². The van der Waals surface area contributed by atoms with Crippen LogP contribution in [0, 0.1) is 6.92 Å². The summed E-state index contributed by atoms with van der Waals surface area (Å²) in [5.74, 6) is 0. The Bertz CT molecular complexity index is 571. The average molecular weight is 321 g/mol. The van der Waals surface area contributed by atoms with Crippen molar-refractivity contribution in [2.24, 2.45) is 0 Å². The molecule has 0 bridgehead atoms. The van der Waals surface area contributed by atoms with Crippen molar-refractivity contribution in [3.05, 3.63) is 28.8 Å². The number of sulfonamides is 1. The zero-order valence-electron chi connectivity index (χ0n) is 12.1. The van der Waals surface area contributed by atoms with E-state index in [-0.39, 0.29) is 11.4 Å². The van der Waals surface area contributed by atoms with E-state index in [1.807, 2.05) is 14.1 Å². The van der Waals surface area contributed by atoms with Gasteiger partial charge in [0.15, 0.2) is 0 Å². The highest BCUT2D eigenvalue weighted by Crippen LogP contribution is 2.19. The van der Waals surface area contributed by atoms with Gasteiger partial charge in [0.05, 0.1) is 10.5 Å². The lowest BCUT2D eigenvalue weighted by atomic mass is 10.1. The summed E-state index contributed by atoms with van der Waals surface area (Å²) in [6, 6.07) is 4.58. The van der Waals surface area contributed by atoms with Crippen LogP contribution in [0.1, 0.15) is 12.5 Å². The van der Waals surface area contributed by atoms with E-state index < -0.39 is 15.6 Å². The summed E-state index contributed by atoms with van der Waals surface area (Å²) in [7, 11) is -0.0402. The number of hydrogen-bond acceptors (Lipinski definition) is 4. The molecule has 0 saturated heterocycles. The summed E-state index contributed by atoms with van der Waals surface area (Å²) >= 11 is 5.81. The fourth-order valence-corrected chi connectivity index (χ4v) is 3.59. The number of aryl methyl sites for hydroxylation is 1. The third-order valence-electron chi connectivity index (χ3n) is 2.73. The van der Waals surface area contributed by atoms with Crippen LogP contribution in [0.3, 0.4) is 0 Å². The smallest absolute Gasteiger partial charge is 0.240 e. The number of nitrogens with zero attached hydrogens (tertiary/aromatic N) is 1. The van der Waals surface area contributed by atoms with Crippen LogP contribution in [0.4, 0.5) is 0 Å². The molecule has 1 unspecified atom stereocenters. The topological polar surface area (TPSA) is 69.6 Å². The van der Waals surface area contributed by atoms with E-state index in [0.29, 0.717) is 17.1 Å². The first-order valence-corrected chi connectivity index (χ1v) is 8.02. The summed E-state index contributed by atoms with van der Waals surface area (Å²) in [4.78, 5) is 1.96. The molecule has 1 rings (SSSR count). The van der Waals surface area contributed by atoms with Crippen molar-refractivity contribution in [1.82, 2.24) is 9.62 Å². The third kappa shape index (κ3) is 5.03. The molecule has 0 radical (unpaired) electrons. The quantitative estimate of drug-likeness (QED) is 0.827. The van der Waals surface area contributed by atoms with Crippen molar-refractivity contribution < 1.29 is 13.5 Å². The summed E-state index contributed by atoms with van der Waals surface area (Å²) < 4.78 is 26.9. The first kappa shape index (κ1) is 17.4. The summed E-state index contributed by atoms with van der Waals surface area (Å²) in [6.07, 6.45) is 0. The molecular formula is C13H21ClN2O3S. The lowest BCUT2D eigenvalue weighted by Gasteiger charge is -2.27. The lowest BCUT2D eigenvalue weighted by Crippen LogP contribution is -2.47. The molecule has 0 aliphatic carbocycles. The first-order valence-electron chi connectivity index (χ1n) is 6.16. The van der Waals surface area contributed by atoms with Gasteiger partial charge in [-0.1, -0.05) is 11.6 Å². The summed E-state index contributed by atoms with van der Waals surface area (Å²) in [5, 5.41) is 10.6. The molecule has 2 N–H and O–H groups in total. The van der Waals surface area contributed by atoms with Gasteiger partial charge in [-0.05, 0) is 51.7 Å². The number of aliphatic hydroxyl groups is 1. The van der Waals surface area contributed by atoms with Crippen LogP contribution in [0.25, 0.3) is 0 Å². The second kappa shape index (κ2) is 6.41.